The lowest BCUT2D eigenvalue weighted by atomic mass is 10.0. The van der Waals surface area contributed by atoms with Crippen LogP contribution in [0.4, 0.5) is 0 Å². The Balaban J connectivity index is 4.16. The summed E-state index contributed by atoms with van der Waals surface area (Å²) in [6.07, 6.45) is 63.8. The van der Waals surface area contributed by atoms with Crippen LogP contribution in [0, 0.1) is 0 Å². The van der Waals surface area contributed by atoms with Crippen LogP contribution in [0.2, 0.25) is 0 Å². The van der Waals surface area contributed by atoms with Crippen molar-refractivity contribution < 1.29 is 42.9 Å². The monoisotopic (exact) mass is 1030 g/mol. The van der Waals surface area contributed by atoms with Gasteiger partial charge < -0.3 is 33.3 Å². The maximum absolute atomic E-state index is 12.9. The van der Waals surface area contributed by atoms with E-state index in [1.807, 2.05) is 21.1 Å². The van der Waals surface area contributed by atoms with E-state index in [-0.39, 0.29) is 32.2 Å². The van der Waals surface area contributed by atoms with Gasteiger partial charge in [-0.3, -0.25) is 9.59 Å². The molecule has 9 nitrogen and oxygen atoms in total. The number of quaternary nitrogens is 1. The lowest BCUT2D eigenvalue weighted by molar-refractivity contribution is -0.870. The van der Waals surface area contributed by atoms with Crippen molar-refractivity contribution in [3.8, 4) is 0 Å². The highest BCUT2D eigenvalue weighted by atomic mass is 16.7. The second kappa shape index (κ2) is 56.0. The summed E-state index contributed by atoms with van der Waals surface area (Å²) in [6, 6.07) is 0. The molecule has 0 saturated carbocycles. The molecule has 0 aromatic carbocycles. The predicted molar refractivity (Wildman–Crippen MR) is 306 cm³/mol. The Labute approximate surface area is 452 Å². The minimum absolute atomic E-state index is 0.151. The second-order valence-electron chi connectivity index (χ2n) is 22.7. The van der Waals surface area contributed by atoms with Crippen LogP contribution in [-0.4, -0.2) is 82.3 Å². The number of esters is 2. The number of unbranched alkanes of at least 4 members (excludes halogenated alkanes) is 40. The number of ether oxygens (including phenoxy) is 4. The Morgan fingerprint density at radius 1 is 0.411 bits per heavy atom. The highest BCUT2D eigenvalue weighted by Gasteiger charge is 2.22. The lowest BCUT2D eigenvalue weighted by Crippen LogP contribution is -2.44. The quantitative estimate of drug-likeness (QED) is 0.0195. The molecule has 9 heteroatoms. The average molecular weight is 1030 g/mol. The summed E-state index contributed by atoms with van der Waals surface area (Å²) < 4.78 is 22.8. The normalized spacial score (nSPS) is 12.8. The fourth-order valence-electron chi connectivity index (χ4n) is 9.33. The van der Waals surface area contributed by atoms with Crippen LogP contribution in [0.5, 0.6) is 0 Å². The molecule has 0 aliphatic carbocycles. The van der Waals surface area contributed by atoms with E-state index in [4.69, 9.17) is 18.9 Å². The number of carbonyl (C=O) groups is 3. The highest BCUT2D eigenvalue weighted by Crippen LogP contribution is 2.18. The fourth-order valence-corrected chi connectivity index (χ4v) is 9.33. The smallest absolute Gasteiger partial charge is 0.306 e. The highest BCUT2D eigenvalue weighted by molar-refractivity contribution is 5.70. The molecule has 2 unspecified atom stereocenters. The van der Waals surface area contributed by atoms with E-state index in [1.165, 1.54) is 238 Å². The molecular weight excluding hydrogens is 911 g/mol. The van der Waals surface area contributed by atoms with Crippen LogP contribution in [0.15, 0.2) is 24.3 Å². The first-order chi connectivity index (χ1) is 35.6. The summed E-state index contributed by atoms with van der Waals surface area (Å²) >= 11 is 0. The largest absolute Gasteiger partial charge is 0.545 e. The summed E-state index contributed by atoms with van der Waals surface area (Å²) in [5, 5.41) is 11.8. The van der Waals surface area contributed by atoms with Gasteiger partial charge >= 0.3 is 11.9 Å². The maximum atomic E-state index is 12.9. The van der Waals surface area contributed by atoms with E-state index in [2.05, 4.69) is 38.2 Å². The van der Waals surface area contributed by atoms with Crippen LogP contribution in [0.1, 0.15) is 309 Å². The molecule has 430 valence electrons. The molecule has 0 radical (unpaired) electrons. The summed E-state index contributed by atoms with van der Waals surface area (Å²) in [5.41, 5.74) is 0. The van der Waals surface area contributed by atoms with Crippen molar-refractivity contribution in [1.29, 1.82) is 0 Å². The molecule has 0 spiro atoms. The number of allylic oxidation sites excluding steroid dienone is 4. The molecule has 0 fully saturated rings. The molecule has 0 aromatic rings. The Morgan fingerprint density at radius 2 is 0.740 bits per heavy atom. The molecule has 0 saturated heterocycles. The number of likely N-dealkylation sites (N-methyl/N-ethyl adjacent to an activating group) is 1. The number of aliphatic carboxylic acids is 1. The summed E-state index contributed by atoms with van der Waals surface area (Å²) in [6.45, 7) is 4.80. The Morgan fingerprint density at radius 3 is 1.08 bits per heavy atom. The molecule has 73 heavy (non-hydrogen) atoms. The van der Waals surface area contributed by atoms with Crippen LogP contribution in [0.25, 0.3) is 0 Å². The topological polar surface area (TPSA) is 111 Å². The molecule has 0 aliphatic heterocycles. The standard InChI is InChI=1S/C64H121NO8/c1-6-8-10-12-14-16-18-20-22-24-26-28-30-31-33-35-37-39-41-43-45-47-49-51-53-55-62(67)73-60(59-72-64(63(68)69)70-57-56-65(3,4)5)58-71-61(66)54-52-50-48-46-44-42-40-38-36-34-32-29-27-25-23-21-19-17-15-13-11-9-7-2/h18,20,24,26,60,64H,6-17,19,21-23,25,27-59H2,1-5H3/b20-18-,26-24-. The molecule has 0 amide bonds. The van der Waals surface area contributed by atoms with Crippen molar-refractivity contribution in [2.24, 2.45) is 0 Å². The van der Waals surface area contributed by atoms with Crippen LogP contribution in [0.3, 0.4) is 0 Å². The zero-order chi connectivity index (χ0) is 53.4. The Hall–Kier alpha value is -2.23. The summed E-state index contributed by atoms with van der Waals surface area (Å²) in [4.78, 5) is 37.4. The first-order valence-electron chi connectivity index (χ1n) is 31.5. The first kappa shape index (κ1) is 70.8. The number of hydrogen-bond acceptors (Lipinski definition) is 8. The molecule has 2 atom stereocenters. The Kier molecular flexibility index (Phi) is 54.3. The predicted octanol–water partition coefficient (Wildman–Crippen LogP) is 17.4. The minimum atomic E-state index is -1.62. The van der Waals surface area contributed by atoms with E-state index in [9.17, 15) is 19.5 Å². The third-order valence-corrected chi connectivity index (χ3v) is 14.2. The average Bonchev–Trinajstić information content (AvgIpc) is 3.36. The van der Waals surface area contributed by atoms with Gasteiger partial charge in [0.05, 0.1) is 40.3 Å². The van der Waals surface area contributed by atoms with Gasteiger partial charge in [0.2, 0.25) is 0 Å². The van der Waals surface area contributed by atoms with Crippen molar-refractivity contribution in [3.05, 3.63) is 24.3 Å². The molecule has 0 aliphatic rings. The number of carboxylic acid groups (broad SMARTS) is 1. The SMILES string of the molecule is CCCCCCC/C=C\C/C=C\CCCCCCCCCCCCCCCC(=O)OC(COC(=O)CCCCCCCCCCCCCCCCCCCCCCCCC)COC(OCC[N+](C)(C)C)C(=O)[O-]. The number of carboxylic acids is 1. The van der Waals surface area contributed by atoms with Gasteiger partial charge in [-0.1, -0.05) is 276 Å². The molecular formula is C64H121NO8. The van der Waals surface area contributed by atoms with Gasteiger partial charge in [-0.05, 0) is 44.9 Å². The minimum Gasteiger partial charge on any atom is -0.545 e. The summed E-state index contributed by atoms with van der Waals surface area (Å²) in [5.74, 6) is -2.26. The van der Waals surface area contributed by atoms with Crippen molar-refractivity contribution in [2.75, 3.05) is 47.5 Å². The van der Waals surface area contributed by atoms with Crippen LogP contribution >= 0.6 is 0 Å². The number of nitrogens with zero attached hydrogens (tertiary/aromatic N) is 1. The van der Waals surface area contributed by atoms with Crippen molar-refractivity contribution in [3.63, 3.8) is 0 Å². The molecule has 0 aromatic heterocycles. The van der Waals surface area contributed by atoms with E-state index in [1.54, 1.807) is 0 Å². The van der Waals surface area contributed by atoms with E-state index in [0.717, 1.165) is 38.5 Å². The molecule has 0 bridgehead atoms. The zero-order valence-corrected chi connectivity index (χ0v) is 49.0. The van der Waals surface area contributed by atoms with E-state index < -0.39 is 24.3 Å². The number of rotatable bonds is 59. The van der Waals surface area contributed by atoms with E-state index >= 15 is 0 Å². The molecule has 0 N–H and O–H groups in total. The Bertz CT molecular complexity index is 1250. The van der Waals surface area contributed by atoms with Gasteiger partial charge in [0.15, 0.2) is 12.4 Å². The lowest BCUT2D eigenvalue weighted by Gasteiger charge is -2.26. The third-order valence-electron chi connectivity index (χ3n) is 14.2. The molecule has 0 heterocycles. The fraction of sp³-hybridized carbons (Fsp3) is 0.891. The second-order valence-corrected chi connectivity index (χ2v) is 22.7. The van der Waals surface area contributed by atoms with Gasteiger partial charge in [0.1, 0.15) is 13.2 Å². The molecule has 0 rings (SSSR count). The van der Waals surface area contributed by atoms with E-state index in [0.29, 0.717) is 23.9 Å². The van der Waals surface area contributed by atoms with Gasteiger partial charge in [-0.2, -0.15) is 0 Å². The van der Waals surface area contributed by atoms with Crippen molar-refractivity contribution in [1.82, 2.24) is 0 Å². The first-order valence-corrected chi connectivity index (χ1v) is 31.5. The number of carbonyl (C=O) groups excluding carboxylic acids is 3. The summed E-state index contributed by atoms with van der Waals surface area (Å²) in [7, 11) is 5.94. The van der Waals surface area contributed by atoms with Crippen LogP contribution in [-0.2, 0) is 33.3 Å². The van der Waals surface area contributed by atoms with Gasteiger partial charge in [0.25, 0.3) is 0 Å². The van der Waals surface area contributed by atoms with Gasteiger partial charge in [-0.25, -0.2) is 0 Å². The zero-order valence-electron chi connectivity index (χ0n) is 49.0. The van der Waals surface area contributed by atoms with Crippen LogP contribution < -0.4 is 5.11 Å². The van der Waals surface area contributed by atoms with Gasteiger partial charge in [-0.15, -0.1) is 0 Å². The van der Waals surface area contributed by atoms with Crippen molar-refractivity contribution in [2.45, 2.75) is 322 Å². The van der Waals surface area contributed by atoms with Gasteiger partial charge in [0, 0.05) is 12.8 Å². The third kappa shape index (κ3) is 57.3. The van der Waals surface area contributed by atoms with Crippen molar-refractivity contribution >= 4 is 17.9 Å². The maximum Gasteiger partial charge on any atom is 0.306 e. The number of hydrogen-bond donors (Lipinski definition) is 0.